The number of likely N-dealkylation sites (N-methyl/N-ethyl adjacent to an activating group) is 1. The van der Waals surface area contributed by atoms with Gasteiger partial charge in [-0.05, 0) is 26.8 Å². The van der Waals surface area contributed by atoms with E-state index in [0.29, 0.717) is 6.42 Å². The van der Waals surface area contributed by atoms with E-state index in [1.165, 1.54) is 5.56 Å². The molecule has 1 aromatic heterocycles. The number of benzene rings is 1. The molecule has 0 radical (unpaired) electrons. The number of likely N-dealkylation sites (tertiary alicyclic amines) is 1. The Bertz CT molecular complexity index is 831. The zero-order chi connectivity index (χ0) is 19.7. The minimum atomic E-state index is 0.0679. The third-order valence-electron chi connectivity index (χ3n) is 6.51. The third kappa shape index (κ3) is 3.84. The predicted octanol–water partition coefficient (Wildman–Crippen LogP) is 2.78. The van der Waals surface area contributed by atoms with Crippen LogP contribution in [0.15, 0.2) is 34.9 Å². The van der Waals surface area contributed by atoms with E-state index in [1.807, 2.05) is 11.9 Å². The molecule has 1 amide bonds. The van der Waals surface area contributed by atoms with E-state index in [4.69, 9.17) is 4.52 Å². The summed E-state index contributed by atoms with van der Waals surface area (Å²) in [7, 11) is 4.13. The molecular formula is C22H30N4O2. The number of amides is 1. The Morgan fingerprint density at radius 3 is 2.68 bits per heavy atom. The van der Waals surface area contributed by atoms with Crippen LogP contribution in [0.5, 0.6) is 0 Å². The van der Waals surface area contributed by atoms with Crippen LogP contribution >= 0.6 is 0 Å². The molecule has 3 heterocycles. The number of piperazine rings is 1. The van der Waals surface area contributed by atoms with Crippen LogP contribution in [0.1, 0.15) is 30.6 Å². The molecule has 1 aromatic carbocycles. The fraction of sp³-hybridized carbons (Fsp3) is 0.545. The van der Waals surface area contributed by atoms with Crippen molar-refractivity contribution in [2.24, 2.45) is 0 Å². The maximum atomic E-state index is 12.1. The molecule has 28 heavy (non-hydrogen) atoms. The van der Waals surface area contributed by atoms with Crippen LogP contribution in [-0.4, -0.2) is 71.6 Å². The van der Waals surface area contributed by atoms with Crippen molar-refractivity contribution in [2.75, 3.05) is 40.3 Å². The highest BCUT2D eigenvalue weighted by Gasteiger charge is 2.41. The summed E-state index contributed by atoms with van der Waals surface area (Å²) in [6.07, 6.45) is 2.58. The van der Waals surface area contributed by atoms with Gasteiger partial charge in [0.1, 0.15) is 5.69 Å². The Hall–Kier alpha value is -2.18. The minimum absolute atomic E-state index is 0.0679. The Labute approximate surface area is 167 Å². The van der Waals surface area contributed by atoms with Gasteiger partial charge in [0.25, 0.3) is 0 Å². The van der Waals surface area contributed by atoms with Crippen LogP contribution < -0.4 is 0 Å². The first-order valence-electron chi connectivity index (χ1n) is 10.2. The summed E-state index contributed by atoms with van der Waals surface area (Å²) in [6.45, 7) is 6.65. The number of carbonyl (C=O) groups is 1. The number of rotatable bonds is 3. The van der Waals surface area contributed by atoms with E-state index in [9.17, 15) is 4.79 Å². The first-order valence-corrected chi connectivity index (χ1v) is 10.2. The maximum Gasteiger partial charge on any atom is 0.222 e. The molecule has 1 spiro atoms. The molecule has 1 unspecified atom stereocenters. The number of aryl methyl sites for hydroxylation is 1. The molecule has 2 aliphatic rings. The van der Waals surface area contributed by atoms with Crippen molar-refractivity contribution in [3.63, 3.8) is 0 Å². The van der Waals surface area contributed by atoms with Crippen LogP contribution in [0.25, 0.3) is 11.3 Å². The lowest BCUT2D eigenvalue weighted by atomic mass is 9.86. The molecule has 0 saturated carbocycles. The van der Waals surface area contributed by atoms with E-state index >= 15 is 0 Å². The highest BCUT2D eigenvalue weighted by Crippen LogP contribution is 2.32. The van der Waals surface area contributed by atoms with Crippen molar-refractivity contribution in [3.8, 4) is 11.3 Å². The molecular weight excluding hydrogens is 352 g/mol. The molecule has 4 rings (SSSR count). The molecule has 1 atom stereocenters. The molecule has 2 fully saturated rings. The van der Waals surface area contributed by atoms with Gasteiger partial charge < -0.3 is 9.42 Å². The average Bonchev–Trinajstić information content (AvgIpc) is 3.10. The Kier molecular flexibility index (Phi) is 5.25. The summed E-state index contributed by atoms with van der Waals surface area (Å²) in [5.41, 5.74) is 3.28. The van der Waals surface area contributed by atoms with E-state index in [0.717, 1.165) is 62.6 Å². The summed E-state index contributed by atoms with van der Waals surface area (Å²) in [6, 6.07) is 10.4. The summed E-state index contributed by atoms with van der Waals surface area (Å²) in [5, 5.41) is 4.27. The zero-order valence-corrected chi connectivity index (χ0v) is 17.1. The number of hydrogen-bond acceptors (Lipinski definition) is 5. The third-order valence-corrected chi connectivity index (χ3v) is 6.51. The molecule has 0 aliphatic carbocycles. The Balaban J connectivity index is 1.45. The van der Waals surface area contributed by atoms with Crippen LogP contribution in [0.4, 0.5) is 0 Å². The van der Waals surface area contributed by atoms with Crippen molar-refractivity contribution in [2.45, 2.75) is 38.3 Å². The van der Waals surface area contributed by atoms with Gasteiger partial charge in [0.2, 0.25) is 5.91 Å². The highest BCUT2D eigenvalue weighted by molar-refractivity contribution is 5.76. The molecule has 0 N–H and O–H groups in total. The monoisotopic (exact) mass is 382 g/mol. The fourth-order valence-electron chi connectivity index (χ4n) is 4.44. The molecule has 2 aromatic rings. The normalized spacial score (nSPS) is 24.7. The standard InChI is InChI=1S/C22H30N4O2/c1-17-4-6-18(7-5-17)20-14-19(28-23-20)15-26-13-12-25(3)22(16-26)9-8-21(27)24(2)11-10-22/h4-7,14H,8-13,15-16H2,1-3H3. The van der Waals surface area contributed by atoms with Crippen LogP contribution in [0.3, 0.4) is 0 Å². The second-order valence-electron chi connectivity index (χ2n) is 8.47. The Morgan fingerprint density at radius 1 is 1.11 bits per heavy atom. The van der Waals surface area contributed by atoms with Gasteiger partial charge in [0, 0.05) is 56.8 Å². The fourth-order valence-corrected chi connectivity index (χ4v) is 4.44. The molecule has 2 saturated heterocycles. The first kappa shape index (κ1) is 19.2. The SMILES string of the molecule is Cc1ccc(-c2cc(CN3CCN(C)C4(CCC(=O)N(C)CC4)C3)on2)cc1. The number of nitrogens with zero attached hydrogens (tertiary/aromatic N) is 4. The van der Waals surface area contributed by atoms with Crippen molar-refractivity contribution < 1.29 is 9.32 Å². The molecule has 6 nitrogen and oxygen atoms in total. The van der Waals surface area contributed by atoms with Gasteiger partial charge in [0.05, 0.1) is 6.54 Å². The number of carbonyl (C=O) groups excluding carboxylic acids is 1. The van der Waals surface area contributed by atoms with Gasteiger partial charge in [-0.3, -0.25) is 14.6 Å². The van der Waals surface area contributed by atoms with E-state index in [-0.39, 0.29) is 11.4 Å². The molecule has 2 aliphatic heterocycles. The van der Waals surface area contributed by atoms with E-state index in [2.05, 4.69) is 59.3 Å². The lowest BCUT2D eigenvalue weighted by Gasteiger charge is -2.49. The smallest absolute Gasteiger partial charge is 0.222 e. The molecule has 6 heteroatoms. The van der Waals surface area contributed by atoms with Crippen molar-refractivity contribution in [1.29, 1.82) is 0 Å². The van der Waals surface area contributed by atoms with Gasteiger partial charge in [-0.15, -0.1) is 0 Å². The molecule has 0 bridgehead atoms. The summed E-state index contributed by atoms with van der Waals surface area (Å²) in [5.74, 6) is 1.16. The summed E-state index contributed by atoms with van der Waals surface area (Å²) in [4.78, 5) is 18.9. The van der Waals surface area contributed by atoms with Gasteiger partial charge in [0.15, 0.2) is 5.76 Å². The summed E-state index contributed by atoms with van der Waals surface area (Å²) < 4.78 is 5.65. The molecule has 150 valence electrons. The second-order valence-corrected chi connectivity index (χ2v) is 8.47. The van der Waals surface area contributed by atoms with Crippen molar-refractivity contribution in [1.82, 2.24) is 19.9 Å². The minimum Gasteiger partial charge on any atom is -0.359 e. The average molecular weight is 383 g/mol. The van der Waals surface area contributed by atoms with E-state index < -0.39 is 0 Å². The van der Waals surface area contributed by atoms with Gasteiger partial charge in [-0.1, -0.05) is 35.0 Å². The van der Waals surface area contributed by atoms with Crippen molar-refractivity contribution in [3.05, 3.63) is 41.7 Å². The van der Waals surface area contributed by atoms with Crippen LogP contribution in [0, 0.1) is 6.92 Å². The maximum absolute atomic E-state index is 12.1. The predicted molar refractivity (Wildman–Crippen MR) is 109 cm³/mol. The van der Waals surface area contributed by atoms with Crippen LogP contribution in [-0.2, 0) is 11.3 Å². The topological polar surface area (TPSA) is 52.8 Å². The lowest BCUT2D eigenvalue weighted by Crippen LogP contribution is -2.60. The number of hydrogen-bond donors (Lipinski definition) is 0. The van der Waals surface area contributed by atoms with Gasteiger partial charge in [-0.25, -0.2) is 0 Å². The number of aromatic nitrogens is 1. The van der Waals surface area contributed by atoms with Gasteiger partial charge in [-0.2, -0.15) is 0 Å². The van der Waals surface area contributed by atoms with Gasteiger partial charge >= 0.3 is 0 Å². The van der Waals surface area contributed by atoms with E-state index in [1.54, 1.807) is 0 Å². The zero-order valence-electron chi connectivity index (χ0n) is 17.1. The largest absolute Gasteiger partial charge is 0.359 e. The van der Waals surface area contributed by atoms with Crippen molar-refractivity contribution >= 4 is 5.91 Å². The lowest BCUT2D eigenvalue weighted by molar-refractivity contribution is -0.129. The van der Waals surface area contributed by atoms with Crippen LogP contribution in [0.2, 0.25) is 0 Å². The summed E-state index contributed by atoms with van der Waals surface area (Å²) >= 11 is 0. The Morgan fingerprint density at radius 2 is 1.89 bits per heavy atom. The second kappa shape index (κ2) is 7.68. The highest BCUT2D eigenvalue weighted by atomic mass is 16.5. The quantitative estimate of drug-likeness (QED) is 0.817. The first-order chi connectivity index (χ1) is 13.4.